The first-order valence-corrected chi connectivity index (χ1v) is 18.2. The molecule has 7 nitrogen and oxygen atoms in total. The summed E-state index contributed by atoms with van der Waals surface area (Å²) in [5.41, 5.74) is 14.4. The summed E-state index contributed by atoms with van der Waals surface area (Å²) in [4.78, 5) is 0. The molecular weight excluding hydrogens is 675 g/mol. The molecule has 0 fully saturated rings. The van der Waals surface area contributed by atoms with Crippen LogP contribution in [0.4, 0.5) is 79.6 Å². The molecule has 0 aliphatic carbocycles. The van der Waals surface area contributed by atoms with E-state index in [1.54, 1.807) is 0 Å². The van der Waals surface area contributed by atoms with Crippen LogP contribution in [-0.4, -0.2) is 0 Å². The fraction of sp³-hybridized carbons (Fsp3) is 0. The van der Waals surface area contributed by atoms with Gasteiger partial charge in [-0.2, -0.15) is 0 Å². The molecule has 0 aliphatic heterocycles. The largest absolute Gasteiger partial charge is 0.356 e. The van der Waals surface area contributed by atoms with Crippen LogP contribution in [0.25, 0.3) is 0 Å². The molecule has 0 amide bonds. The Morgan fingerprint density at radius 1 is 0.127 bits per heavy atom. The molecule has 0 spiro atoms. The molecule has 0 heterocycles. The third kappa shape index (κ3) is 9.83. The molecule has 0 radical (unpaired) electrons. The standard InChI is InChI=1S/C48H41N7/c1-3-7-35(8-4-1)49-37-11-15-39(16-12-37)51-41-19-23-43(24-20-41)53-45-27-31-47(32-28-45)55-48-33-29-46(30-34-48)54-44-25-21-42(22-26-44)52-40-17-13-38(14-18-40)50-36-9-5-2-6-10-36/h1-34,49-55H. The molecule has 0 saturated carbocycles. The van der Waals surface area contributed by atoms with Gasteiger partial charge in [-0.25, -0.2) is 0 Å². The topological polar surface area (TPSA) is 84.2 Å². The highest BCUT2D eigenvalue weighted by Gasteiger charge is 2.03. The quantitative estimate of drug-likeness (QED) is 0.0604. The van der Waals surface area contributed by atoms with E-state index in [2.05, 4.69) is 207 Å². The van der Waals surface area contributed by atoms with Gasteiger partial charge in [-0.1, -0.05) is 36.4 Å². The van der Waals surface area contributed by atoms with E-state index in [4.69, 9.17) is 0 Å². The molecule has 0 unspecified atom stereocenters. The lowest BCUT2D eigenvalue weighted by Gasteiger charge is -2.12. The molecule has 268 valence electrons. The second kappa shape index (κ2) is 16.8. The summed E-state index contributed by atoms with van der Waals surface area (Å²) in [5.74, 6) is 0. The average Bonchev–Trinajstić information content (AvgIpc) is 3.23. The summed E-state index contributed by atoms with van der Waals surface area (Å²) in [7, 11) is 0. The van der Waals surface area contributed by atoms with E-state index >= 15 is 0 Å². The minimum Gasteiger partial charge on any atom is -0.356 e. The Morgan fingerprint density at radius 2 is 0.236 bits per heavy atom. The smallest absolute Gasteiger partial charge is 0.0385 e. The molecule has 7 N–H and O–H groups in total. The highest BCUT2D eigenvalue weighted by molar-refractivity contribution is 5.72. The van der Waals surface area contributed by atoms with Crippen molar-refractivity contribution in [1.82, 2.24) is 0 Å². The van der Waals surface area contributed by atoms with Crippen molar-refractivity contribution in [2.45, 2.75) is 0 Å². The lowest BCUT2D eigenvalue weighted by molar-refractivity contribution is 1.49. The number of hydrogen-bond acceptors (Lipinski definition) is 7. The van der Waals surface area contributed by atoms with E-state index in [1.807, 2.05) is 36.4 Å². The van der Waals surface area contributed by atoms with Crippen molar-refractivity contribution in [3.63, 3.8) is 0 Å². The van der Waals surface area contributed by atoms with Crippen LogP contribution in [0, 0.1) is 0 Å². The van der Waals surface area contributed by atoms with Crippen LogP contribution in [0.5, 0.6) is 0 Å². The van der Waals surface area contributed by atoms with Crippen molar-refractivity contribution in [3.05, 3.63) is 206 Å². The van der Waals surface area contributed by atoms with Crippen LogP contribution in [0.3, 0.4) is 0 Å². The molecule has 0 aliphatic rings. The van der Waals surface area contributed by atoms with Crippen LogP contribution in [-0.2, 0) is 0 Å². The van der Waals surface area contributed by atoms with E-state index in [9.17, 15) is 0 Å². The lowest BCUT2D eigenvalue weighted by Crippen LogP contribution is -1.95. The van der Waals surface area contributed by atoms with Gasteiger partial charge in [0.2, 0.25) is 0 Å². The van der Waals surface area contributed by atoms with Gasteiger partial charge < -0.3 is 37.2 Å². The van der Waals surface area contributed by atoms with Gasteiger partial charge in [-0.3, -0.25) is 0 Å². The fourth-order valence-electron chi connectivity index (χ4n) is 6.03. The number of rotatable bonds is 14. The van der Waals surface area contributed by atoms with Gasteiger partial charge in [0.05, 0.1) is 0 Å². The van der Waals surface area contributed by atoms with Crippen molar-refractivity contribution >= 4 is 79.6 Å². The minimum atomic E-state index is 1.01. The summed E-state index contributed by atoms with van der Waals surface area (Å²) in [6.07, 6.45) is 0. The van der Waals surface area contributed by atoms with E-state index < -0.39 is 0 Å². The van der Waals surface area contributed by atoms with Gasteiger partial charge in [0.1, 0.15) is 0 Å². The molecule has 8 rings (SSSR count). The van der Waals surface area contributed by atoms with Gasteiger partial charge in [-0.15, -0.1) is 0 Å². The second-order valence-corrected chi connectivity index (χ2v) is 13.1. The normalized spacial score (nSPS) is 10.5. The van der Waals surface area contributed by atoms with Gasteiger partial charge >= 0.3 is 0 Å². The zero-order valence-electron chi connectivity index (χ0n) is 30.1. The van der Waals surface area contributed by atoms with Crippen LogP contribution >= 0.6 is 0 Å². The molecular formula is C48H41N7. The number of anilines is 14. The SMILES string of the molecule is c1ccc(Nc2ccc(Nc3ccc(Nc4ccc(Nc5ccc(Nc6ccc(Nc7ccc(Nc8ccccc8)cc7)cc6)cc5)cc4)cc3)cc2)cc1. The highest BCUT2D eigenvalue weighted by atomic mass is 14.9. The maximum absolute atomic E-state index is 3.50. The summed E-state index contributed by atoms with van der Waals surface area (Å²) < 4.78 is 0. The number of nitrogens with one attached hydrogen (secondary N) is 7. The number of benzene rings is 8. The van der Waals surface area contributed by atoms with Crippen LogP contribution in [0.1, 0.15) is 0 Å². The molecule has 8 aromatic rings. The van der Waals surface area contributed by atoms with Gasteiger partial charge in [-0.05, 0) is 170 Å². The van der Waals surface area contributed by atoms with Crippen LogP contribution in [0.2, 0.25) is 0 Å². The fourth-order valence-corrected chi connectivity index (χ4v) is 6.03. The Hall–Kier alpha value is -7.64. The van der Waals surface area contributed by atoms with Crippen molar-refractivity contribution < 1.29 is 0 Å². The molecule has 55 heavy (non-hydrogen) atoms. The summed E-state index contributed by atoms with van der Waals surface area (Å²) in [6, 6.07) is 70.1. The van der Waals surface area contributed by atoms with Crippen LogP contribution in [0.15, 0.2) is 206 Å². The van der Waals surface area contributed by atoms with Gasteiger partial charge in [0, 0.05) is 79.6 Å². The maximum Gasteiger partial charge on any atom is 0.0385 e. The van der Waals surface area contributed by atoms with Crippen molar-refractivity contribution in [2.24, 2.45) is 0 Å². The number of hydrogen-bond donors (Lipinski definition) is 7. The number of para-hydroxylation sites is 2. The van der Waals surface area contributed by atoms with E-state index in [1.165, 1.54) is 0 Å². The minimum absolute atomic E-state index is 1.01. The third-order valence-electron chi connectivity index (χ3n) is 8.88. The first kappa shape index (κ1) is 34.4. The molecule has 0 bridgehead atoms. The molecule has 8 aromatic carbocycles. The Labute approximate surface area is 322 Å². The monoisotopic (exact) mass is 715 g/mol. The summed E-state index contributed by atoms with van der Waals surface area (Å²) in [6.45, 7) is 0. The molecule has 0 aromatic heterocycles. The zero-order chi connectivity index (χ0) is 37.1. The van der Waals surface area contributed by atoms with Gasteiger partial charge in [0.15, 0.2) is 0 Å². The van der Waals surface area contributed by atoms with E-state index in [0.29, 0.717) is 0 Å². The maximum atomic E-state index is 3.50. The van der Waals surface area contributed by atoms with Crippen LogP contribution < -0.4 is 37.2 Å². The lowest BCUT2D eigenvalue weighted by atomic mass is 10.2. The van der Waals surface area contributed by atoms with E-state index in [-0.39, 0.29) is 0 Å². The van der Waals surface area contributed by atoms with Crippen molar-refractivity contribution in [2.75, 3.05) is 37.2 Å². The van der Waals surface area contributed by atoms with Gasteiger partial charge in [0.25, 0.3) is 0 Å². The molecule has 0 saturated heterocycles. The molecule has 7 heteroatoms. The Kier molecular flexibility index (Phi) is 10.5. The van der Waals surface area contributed by atoms with Crippen molar-refractivity contribution in [3.8, 4) is 0 Å². The van der Waals surface area contributed by atoms with Crippen molar-refractivity contribution in [1.29, 1.82) is 0 Å². The Balaban J connectivity index is 0.780. The predicted octanol–water partition coefficient (Wildman–Crippen LogP) is 13.9. The van der Waals surface area contributed by atoms with E-state index in [0.717, 1.165) is 79.6 Å². The highest BCUT2D eigenvalue weighted by Crippen LogP contribution is 2.28. The average molecular weight is 716 g/mol. The first-order chi connectivity index (χ1) is 27.1. The summed E-state index contributed by atoms with van der Waals surface area (Å²) >= 11 is 0. The Bertz CT molecular complexity index is 2210. The zero-order valence-corrected chi connectivity index (χ0v) is 30.1. The summed E-state index contributed by atoms with van der Waals surface area (Å²) in [5, 5.41) is 24.3. The predicted molar refractivity (Wildman–Crippen MR) is 235 cm³/mol. The first-order valence-electron chi connectivity index (χ1n) is 18.2. The second-order valence-electron chi connectivity index (χ2n) is 13.1. The Morgan fingerprint density at radius 3 is 0.364 bits per heavy atom. The third-order valence-corrected chi connectivity index (χ3v) is 8.88. The molecule has 0 atom stereocenters.